The zero-order chi connectivity index (χ0) is 27.5. The fourth-order valence-electron chi connectivity index (χ4n) is 4.28. The van der Waals surface area contributed by atoms with E-state index in [0.29, 0.717) is 44.2 Å². The molecule has 0 spiro atoms. The van der Waals surface area contributed by atoms with Gasteiger partial charge in [-0.3, -0.25) is 4.79 Å². The van der Waals surface area contributed by atoms with Crippen molar-refractivity contribution in [3.63, 3.8) is 0 Å². The normalized spacial score (nSPS) is 10.8. The number of thiophene rings is 1. The minimum Gasteiger partial charge on any atom is -0.493 e. The summed E-state index contributed by atoms with van der Waals surface area (Å²) in [5.41, 5.74) is 4.24. The molecule has 9 heteroatoms. The van der Waals surface area contributed by atoms with Crippen LogP contribution in [-0.2, 0) is 4.74 Å². The number of ether oxygens (including phenoxy) is 3. The third-order valence-corrected chi connectivity index (χ3v) is 7.58. The van der Waals surface area contributed by atoms with Crippen LogP contribution < -0.4 is 14.8 Å². The van der Waals surface area contributed by atoms with E-state index in [1.54, 1.807) is 37.8 Å². The van der Waals surface area contributed by atoms with Crippen molar-refractivity contribution in [1.29, 1.82) is 0 Å². The van der Waals surface area contributed by atoms with Crippen LogP contribution in [0.1, 0.15) is 20.7 Å². The Kier molecular flexibility index (Phi) is 7.63. The second kappa shape index (κ2) is 11.3. The molecule has 0 atom stereocenters. The molecule has 0 unspecified atom stereocenters. The number of carbonyl (C=O) groups excluding carboxylic acids is 2. The van der Waals surface area contributed by atoms with Gasteiger partial charge in [0.05, 0.1) is 38.1 Å². The first-order valence-electron chi connectivity index (χ1n) is 11.8. The standard InChI is InChI=1S/C30H23BrN2O5S/c1-36-25-12-9-18(13-26(25)37-2)22-16-39-29(27(22)30(35)38-3)33-28(34)21-15-24(17-7-5-4-6-8-17)32-23-11-10-19(31)14-20(21)23/h4-16H,1-3H3,(H,33,34). The maximum atomic E-state index is 13.8. The molecule has 7 nitrogen and oxygen atoms in total. The summed E-state index contributed by atoms with van der Waals surface area (Å²) >= 11 is 4.74. The van der Waals surface area contributed by atoms with Crippen molar-refractivity contribution >= 4 is 55.0 Å². The number of rotatable bonds is 7. The van der Waals surface area contributed by atoms with Gasteiger partial charge in [-0.2, -0.15) is 0 Å². The number of amides is 1. The fraction of sp³-hybridized carbons (Fsp3) is 0.100. The predicted octanol–water partition coefficient (Wildman–Crippen LogP) is 7.45. The van der Waals surface area contributed by atoms with Gasteiger partial charge in [0, 0.05) is 26.4 Å². The largest absolute Gasteiger partial charge is 0.493 e. The predicted molar refractivity (Wildman–Crippen MR) is 157 cm³/mol. The van der Waals surface area contributed by atoms with Crippen LogP contribution in [0.5, 0.6) is 11.5 Å². The molecule has 5 rings (SSSR count). The first-order valence-corrected chi connectivity index (χ1v) is 13.5. The minimum atomic E-state index is -0.566. The van der Waals surface area contributed by atoms with E-state index in [1.165, 1.54) is 18.4 Å². The lowest BCUT2D eigenvalue weighted by Crippen LogP contribution is -2.15. The van der Waals surface area contributed by atoms with Gasteiger partial charge in [-0.1, -0.05) is 52.3 Å². The number of nitrogens with zero attached hydrogens (tertiary/aromatic N) is 1. The maximum absolute atomic E-state index is 13.8. The second-order valence-corrected chi connectivity index (χ2v) is 10.2. The quantitative estimate of drug-likeness (QED) is 0.195. The lowest BCUT2D eigenvalue weighted by Gasteiger charge is -2.12. The number of aromatic nitrogens is 1. The molecule has 5 aromatic rings. The van der Waals surface area contributed by atoms with Crippen molar-refractivity contribution in [3.05, 3.63) is 93.8 Å². The Labute approximate surface area is 237 Å². The zero-order valence-corrected chi connectivity index (χ0v) is 23.7. The number of carbonyl (C=O) groups is 2. The average Bonchev–Trinajstić information content (AvgIpc) is 3.39. The van der Waals surface area contributed by atoms with Gasteiger partial charge in [-0.15, -0.1) is 11.3 Å². The lowest BCUT2D eigenvalue weighted by molar-refractivity contribution is 0.0603. The van der Waals surface area contributed by atoms with Gasteiger partial charge < -0.3 is 19.5 Å². The molecule has 0 aliphatic carbocycles. The molecule has 1 amide bonds. The molecule has 0 radical (unpaired) electrons. The molecule has 196 valence electrons. The summed E-state index contributed by atoms with van der Waals surface area (Å²) in [4.78, 5) is 31.5. The van der Waals surface area contributed by atoms with E-state index < -0.39 is 5.97 Å². The van der Waals surface area contributed by atoms with Crippen LogP contribution in [0.2, 0.25) is 0 Å². The van der Waals surface area contributed by atoms with Gasteiger partial charge in [-0.25, -0.2) is 9.78 Å². The molecule has 39 heavy (non-hydrogen) atoms. The number of pyridine rings is 1. The Morgan fingerprint density at radius 1 is 0.872 bits per heavy atom. The smallest absolute Gasteiger partial charge is 0.341 e. The number of hydrogen-bond acceptors (Lipinski definition) is 7. The monoisotopic (exact) mass is 602 g/mol. The van der Waals surface area contributed by atoms with Gasteiger partial charge >= 0.3 is 5.97 Å². The van der Waals surface area contributed by atoms with Crippen molar-refractivity contribution in [2.45, 2.75) is 0 Å². The topological polar surface area (TPSA) is 86.8 Å². The first kappa shape index (κ1) is 26.4. The van der Waals surface area contributed by atoms with Crippen molar-refractivity contribution in [2.75, 3.05) is 26.6 Å². The van der Waals surface area contributed by atoms with Crippen LogP contribution >= 0.6 is 27.3 Å². The van der Waals surface area contributed by atoms with Crippen LogP contribution in [0.15, 0.2) is 82.6 Å². The molecule has 0 bridgehead atoms. The SMILES string of the molecule is COC(=O)c1c(-c2ccc(OC)c(OC)c2)csc1NC(=O)c1cc(-c2ccccc2)nc2ccc(Br)cc12. The highest BCUT2D eigenvalue weighted by atomic mass is 79.9. The fourth-order valence-corrected chi connectivity index (χ4v) is 5.60. The van der Waals surface area contributed by atoms with Gasteiger partial charge in [-0.05, 0) is 42.0 Å². The summed E-state index contributed by atoms with van der Waals surface area (Å²) in [7, 11) is 4.41. The Morgan fingerprint density at radius 3 is 2.36 bits per heavy atom. The van der Waals surface area contributed by atoms with E-state index in [9.17, 15) is 9.59 Å². The summed E-state index contributed by atoms with van der Waals surface area (Å²) < 4.78 is 16.7. The van der Waals surface area contributed by atoms with Gasteiger partial charge in [0.15, 0.2) is 11.5 Å². The van der Waals surface area contributed by atoms with E-state index in [-0.39, 0.29) is 11.5 Å². The summed E-state index contributed by atoms with van der Waals surface area (Å²) in [6.07, 6.45) is 0. The Balaban J connectivity index is 1.59. The van der Waals surface area contributed by atoms with Crippen LogP contribution in [0.4, 0.5) is 5.00 Å². The van der Waals surface area contributed by atoms with Crippen molar-refractivity contribution in [2.24, 2.45) is 0 Å². The molecule has 2 heterocycles. The van der Waals surface area contributed by atoms with E-state index in [1.807, 2.05) is 54.6 Å². The van der Waals surface area contributed by atoms with E-state index >= 15 is 0 Å². The molecule has 0 fully saturated rings. The zero-order valence-electron chi connectivity index (χ0n) is 21.3. The number of fused-ring (bicyclic) bond motifs is 1. The molecular weight excluding hydrogens is 580 g/mol. The van der Waals surface area contributed by atoms with Crippen LogP contribution in [0.25, 0.3) is 33.3 Å². The Morgan fingerprint density at radius 2 is 1.64 bits per heavy atom. The summed E-state index contributed by atoms with van der Waals surface area (Å²) in [6, 6.07) is 22.4. The van der Waals surface area contributed by atoms with Gasteiger partial charge in [0.25, 0.3) is 5.91 Å². The Hall–Kier alpha value is -4.21. The molecule has 1 N–H and O–H groups in total. The van der Waals surface area contributed by atoms with Crippen molar-refractivity contribution < 1.29 is 23.8 Å². The number of hydrogen-bond donors (Lipinski definition) is 1. The van der Waals surface area contributed by atoms with Crippen LogP contribution in [0.3, 0.4) is 0 Å². The number of methoxy groups -OCH3 is 3. The summed E-state index contributed by atoms with van der Waals surface area (Å²) in [5, 5.41) is 5.81. The maximum Gasteiger partial charge on any atom is 0.341 e. The van der Waals surface area contributed by atoms with Crippen LogP contribution in [-0.4, -0.2) is 38.2 Å². The highest BCUT2D eigenvalue weighted by Crippen LogP contribution is 2.40. The molecule has 2 aromatic heterocycles. The number of nitrogens with one attached hydrogen (secondary N) is 1. The molecular formula is C30H23BrN2O5S. The van der Waals surface area contributed by atoms with E-state index in [2.05, 4.69) is 21.2 Å². The molecule has 0 aliphatic rings. The second-order valence-electron chi connectivity index (χ2n) is 8.45. The van der Waals surface area contributed by atoms with E-state index in [0.717, 1.165) is 15.6 Å². The minimum absolute atomic E-state index is 0.255. The van der Waals surface area contributed by atoms with Crippen LogP contribution in [0, 0.1) is 0 Å². The highest BCUT2D eigenvalue weighted by Gasteiger charge is 2.24. The lowest BCUT2D eigenvalue weighted by atomic mass is 10.0. The van der Waals surface area contributed by atoms with Gasteiger partial charge in [0.1, 0.15) is 10.6 Å². The van der Waals surface area contributed by atoms with E-state index in [4.69, 9.17) is 19.2 Å². The molecule has 0 aliphatic heterocycles. The summed E-state index contributed by atoms with van der Waals surface area (Å²) in [5.74, 6) is 0.145. The number of esters is 1. The number of anilines is 1. The summed E-state index contributed by atoms with van der Waals surface area (Å²) in [6.45, 7) is 0. The van der Waals surface area contributed by atoms with Crippen molar-refractivity contribution in [1.82, 2.24) is 4.98 Å². The molecule has 3 aromatic carbocycles. The molecule has 0 saturated heterocycles. The number of halogens is 1. The third kappa shape index (κ3) is 5.23. The Bertz CT molecular complexity index is 1700. The molecule has 0 saturated carbocycles. The number of benzene rings is 3. The highest BCUT2D eigenvalue weighted by molar-refractivity contribution is 9.10. The average molecular weight is 603 g/mol. The third-order valence-electron chi connectivity index (χ3n) is 6.19. The van der Waals surface area contributed by atoms with Crippen molar-refractivity contribution in [3.8, 4) is 33.9 Å². The van der Waals surface area contributed by atoms with Gasteiger partial charge in [0.2, 0.25) is 0 Å². The first-order chi connectivity index (χ1) is 18.9.